The third-order valence-electron chi connectivity index (χ3n) is 4.28. The van der Waals surface area contributed by atoms with Crippen molar-refractivity contribution in [1.82, 2.24) is 29.9 Å². The minimum Gasteiger partial charge on any atom is -0.424 e. The van der Waals surface area contributed by atoms with Crippen LogP contribution in [-0.4, -0.2) is 43.0 Å². The van der Waals surface area contributed by atoms with E-state index in [9.17, 15) is 0 Å². The lowest BCUT2D eigenvalue weighted by Gasteiger charge is -2.34. The van der Waals surface area contributed by atoms with Gasteiger partial charge in [-0.15, -0.1) is 10.2 Å². The third-order valence-corrected chi connectivity index (χ3v) is 4.28. The van der Waals surface area contributed by atoms with Gasteiger partial charge in [-0.25, -0.2) is 9.67 Å². The van der Waals surface area contributed by atoms with Crippen LogP contribution in [0.5, 0.6) is 0 Å². The van der Waals surface area contributed by atoms with Crippen molar-refractivity contribution in [2.75, 3.05) is 13.1 Å². The molecule has 2 aromatic rings. The molecule has 1 fully saturated rings. The van der Waals surface area contributed by atoms with E-state index in [0.717, 1.165) is 44.1 Å². The Morgan fingerprint density at radius 2 is 2.00 bits per heavy atom. The van der Waals surface area contributed by atoms with Crippen LogP contribution in [0.2, 0.25) is 0 Å². The molecule has 1 atom stereocenters. The van der Waals surface area contributed by atoms with Crippen molar-refractivity contribution < 1.29 is 4.42 Å². The zero-order chi connectivity index (χ0) is 15.5. The number of hydrogen-bond acceptors (Lipinski definition) is 6. The van der Waals surface area contributed by atoms with Crippen molar-refractivity contribution in [3.8, 4) is 0 Å². The molecule has 0 bridgehead atoms. The Bertz CT molecular complexity index is 571. The first-order chi connectivity index (χ1) is 10.6. The monoisotopic (exact) mass is 304 g/mol. The Kier molecular flexibility index (Phi) is 4.52. The van der Waals surface area contributed by atoms with E-state index >= 15 is 0 Å². The van der Waals surface area contributed by atoms with Crippen molar-refractivity contribution in [1.29, 1.82) is 0 Å². The van der Waals surface area contributed by atoms with Crippen LogP contribution in [-0.2, 0) is 6.42 Å². The summed E-state index contributed by atoms with van der Waals surface area (Å²) in [5, 5.41) is 12.6. The average molecular weight is 304 g/mol. The molecule has 0 amide bonds. The molecule has 0 spiro atoms. The van der Waals surface area contributed by atoms with Crippen LogP contribution in [0.1, 0.15) is 57.5 Å². The summed E-state index contributed by atoms with van der Waals surface area (Å²) < 4.78 is 7.78. The molecule has 3 heterocycles. The molecule has 2 aromatic heterocycles. The van der Waals surface area contributed by atoms with E-state index in [1.54, 1.807) is 12.7 Å². The number of likely N-dealkylation sites (tertiary alicyclic amines) is 1. The second-order valence-corrected chi connectivity index (χ2v) is 6.45. The maximum atomic E-state index is 5.82. The summed E-state index contributed by atoms with van der Waals surface area (Å²) in [6.45, 7) is 8.47. The zero-order valence-electron chi connectivity index (χ0n) is 13.5. The summed E-state index contributed by atoms with van der Waals surface area (Å²) in [6, 6.07) is 0.621. The summed E-state index contributed by atoms with van der Waals surface area (Å²) in [4.78, 5) is 6.43. The van der Waals surface area contributed by atoms with Crippen LogP contribution in [0, 0.1) is 5.92 Å². The molecule has 0 aliphatic carbocycles. The van der Waals surface area contributed by atoms with Gasteiger partial charge in [-0.1, -0.05) is 13.8 Å². The van der Waals surface area contributed by atoms with Crippen LogP contribution in [0.25, 0.3) is 0 Å². The second-order valence-electron chi connectivity index (χ2n) is 6.45. The second kappa shape index (κ2) is 6.56. The van der Waals surface area contributed by atoms with Gasteiger partial charge in [-0.05, 0) is 25.7 Å². The van der Waals surface area contributed by atoms with E-state index in [1.807, 2.05) is 4.68 Å². The van der Waals surface area contributed by atoms with Gasteiger partial charge < -0.3 is 4.42 Å². The van der Waals surface area contributed by atoms with E-state index in [2.05, 4.69) is 46.0 Å². The van der Waals surface area contributed by atoms with Crippen LogP contribution in [0.15, 0.2) is 17.1 Å². The number of aromatic nitrogens is 5. The first kappa shape index (κ1) is 15.1. The molecule has 120 valence electrons. The highest BCUT2D eigenvalue weighted by molar-refractivity contribution is 4.92. The Morgan fingerprint density at radius 1 is 1.23 bits per heavy atom. The smallest absolute Gasteiger partial charge is 0.233 e. The largest absolute Gasteiger partial charge is 0.424 e. The molecule has 22 heavy (non-hydrogen) atoms. The maximum absolute atomic E-state index is 5.82. The number of hydrogen-bond donors (Lipinski definition) is 0. The van der Waals surface area contributed by atoms with Crippen molar-refractivity contribution in [2.24, 2.45) is 5.92 Å². The lowest BCUT2D eigenvalue weighted by molar-refractivity contribution is 0.122. The molecule has 1 saturated heterocycles. The number of piperidine rings is 1. The molecular formula is C15H24N6O. The summed E-state index contributed by atoms with van der Waals surface area (Å²) >= 11 is 0. The van der Waals surface area contributed by atoms with Crippen LogP contribution >= 0.6 is 0 Å². The normalized spacial score (nSPS) is 18.9. The fourth-order valence-corrected chi connectivity index (χ4v) is 2.97. The van der Waals surface area contributed by atoms with Crippen molar-refractivity contribution in [3.05, 3.63) is 24.4 Å². The van der Waals surface area contributed by atoms with Gasteiger partial charge in [-0.3, -0.25) is 4.90 Å². The molecule has 0 aromatic carbocycles. The summed E-state index contributed by atoms with van der Waals surface area (Å²) in [5.41, 5.74) is 0. The van der Waals surface area contributed by atoms with Gasteiger partial charge in [0.15, 0.2) is 0 Å². The lowest BCUT2D eigenvalue weighted by atomic mass is 10.0. The van der Waals surface area contributed by atoms with Gasteiger partial charge in [0.25, 0.3) is 0 Å². The van der Waals surface area contributed by atoms with E-state index < -0.39 is 0 Å². The fraction of sp³-hybridized carbons (Fsp3) is 0.733. The van der Waals surface area contributed by atoms with Gasteiger partial charge in [0.1, 0.15) is 12.7 Å². The molecular weight excluding hydrogens is 280 g/mol. The van der Waals surface area contributed by atoms with Crippen molar-refractivity contribution in [3.63, 3.8) is 0 Å². The first-order valence-electron chi connectivity index (χ1n) is 8.04. The third kappa shape index (κ3) is 3.35. The van der Waals surface area contributed by atoms with Crippen LogP contribution in [0.3, 0.4) is 0 Å². The SMILES string of the molecule is CC(C)Cc1nnc(C(C)N2CCC(n3cncn3)CC2)o1. The topological polar surface area (TPSA) is 72.9 Å². The molecule has 1 unspecified atom stereocenters. The maximum Gasteiger partial charge on any atom is 0.233 e. The predicted molar refractivity (Wildman–Crippen MR) is 81.1 cm³/mol. The van der Waals surface area contributed by atoms with Gasteiger partial charge in [0.2, 0.25) is 11.8 Å². The van der Waals surface area contributed by atoms with Crippen molar-refractivity contribution in [2.45, 2.75) is 52.1 Å². The average Bonchev–Trinajstić information content (AvgIpc) is 3.17. The standard InChI is InChI=1S/C15H24N6O/c1-11(2)8-14-18-19-15(22-14)12(3)20-6-4-13(5-7-20)21-10-16-9-17-21/h9-13H,4-8H2,1-3H3. The predicted octanol–water partition coefficient (Wildman–Crippen LogP) is 2.26. The molecule has 3 rings (SSSR count). The van der Waals surface area contributed by atoms with E-state index in [4.69, 9.17) is 4.42 Å². The summed E-state index contributed by atoms with van der Waals surface area (Å²) in [7, 11) is 0. The lowest BCUT2D eigenvalue weighted by Crippen LogP contribution is -2.36. The highest BCUT2D eigenvalue weighted by Crippen LogP contribution is 2.28. The fourth-order valence-electron chi connectivity index (χ4n) is 2.97. The quantitative estimate of drug-likeness (QED) is 0.843. The van der Waals surface area contributed by atoms with Crippen molar-refractivity contribution >= 4 is 0 Å². The molecule has 7 nitrogen and oxygen atoms in total. The Labute approximate surface area is 130 Å². The Balaban J connectivity index is 1.57. The van der Waals surface area contributed by atoms with Crippen LogP contribution < -0.4 is 0 Å². The highest BCUT2D eigenvalue weighted by atomic mass is 16.4. The Hall–Kier alpha value is -1.76. The minimum atomic E-state index is 0.171. The summed E-state index contributed by atoms with van der Waals surface area (Å²) in [5.74, 6) is 2.01. The molecule has 1 aliphatic heterocycles. The van der Waals surface area contributed by atoms with E-state index in [0.29, 0.717) is 12.0 Å². The van der Waals surface area contributed by atoms with E-state index in [-0.39, 0.29) is 6.04 Å². The molecule has 0 N–H and O–H groups in total. The first-order valence-corrected chi connectivity index (χ1v) is 8.04. The Morgan fingerprint density at radius 3 is 2.64 bits per heavy atom. The van der Waals surface area contributed by atoms with E-state index in [1.165, 1.54) is 0 Å². The van der Waals surface area contributed by atoms with Gasteiger partial charge in [-0.2, -0.15) is 5.10 Å². The summed E-state index contributed by atoms with van der Waals surface area (Å²) in [6.07, 6.45) is 6.39. The number of nitrogens with zero attached hydrogens (tertiary/aromatic N) is 6. The zero-order valence-corrected chi connectivity index (χ0v) is 13.5. The van der Waals surface area contributed by atoms with Crippen LogP contribution in [0.4, 0.5) is 0 Å². The van der Waals surface area contributed by atoms with Gasteiger partial charge >= 0.3 is 0 Å². The molecule has 0 saturated carbocycles. The minimum absolute atomic E-state index is 0.171. The molecule has 1 aliphatic rings. The highest BCUT2D eigenvalue weighted by Gasteiger charge is 2.27. The van der Waals surface area contributed by atoms with Gasteiger partial charge in [0, 0.05) is 19.5 Å². The molecule has 7 heteroatoms. The van der Waals surface area contributed by atoms with Gasteiger partial charge in [0.05, 0.1) is 12.1 Å². The molecule has 0 radical (unpaired) electrons. The number of rotatable bonds is 5.